The Kier molecular flexibility index (Phi) is 3.14. The molecular weight excluding hydrogens is 168 g/mol. The zero-order valence-corrected chi connectivity index (χ0v) is 7.82. The van der Waals surface area contributed by atoms with Crippen molar-refractivity contribution in [3.63, 3.8) is 0 Å². The molecule has 0 heterocycles. The molecule has 0 saturated carbocycles. The number of phenolic OH excluding ortho intramolecular Hbond substituents is 1. The lowest BCUT2D eigenvalue weighted by Crippen LogP contribution is -2.01. The fourth-order valence-corrected chi connectivity index (χ4v) is 1.21. The summed E-state index contributed by atoms with van der Waals surface area (Å²) in [5.74, 6) is 0.859. The van der Waals surface area contributed by atoms with E-state index >= 15 is 0 Å². The molecule has 2 N–H and O–H groups in total. The number of methoxy groups -OCH3 is 1. The molecule has 0 aliphatic heterocycles. The number of aliphatic hydroxyl groups excluding tert-OH is 1. The van der Waals surface area contributed by atoms with Gasteiger partial charge in [-0.25, -0.2) is 0 Å². The van der Waals surface area contributed by atoms with Crippen LogP contribution in [0.3, 0.4) is 0 Å². The molecule has 0 bridgehead atoms. The summed E-state index contributed by atoms with van der Waals surface area (Å²) in [5, 5.41) is 18.2. The van der Waals surface area contributed by atoms with Crippen molar-refractivity contribution in [2.75, 3.05) is 13.7 Å². The van der Waals surface area contributed by atoms with Crippen LogP contribution in [0.15, 0.2) is 18.2 Å². The van der Waals surface area contributed by atoms with Gasteiger partial charge in [0, 0.05) is 18.1 Å². The first-order chi connectivity index (χ1) is 6.19. The van der Waals surface area contributed by atoms with Crippen molar-refractivity contribution in [2.45, 2.75) is 12.8 Å². The molecule has 1 unspecified atom stereocenters. The number of benzene rings is 1. The molecule has 72 valence electrons. The highest BCUT2D eigenvalue weighted by Gasteiger charge is 2.10. The molecule has 13 heavy (non-hydrogen) atoms. The van der Waals surface area contributed by atoms with Crippen molar-refractivity contribution < 1.29 is 14.9 Å². The summed E-state index contributed by atoms with van der Waals surface area (Å²) < 4.78 is 5.10. The molecule has 0 saturated heterocycles. The molecule has 0 amide bonds. The second-order valence-corrected chi connectivity index (χ2v) is 3.01. The highest BCUT2D eigenvalue weighted by atomic mass is 16.5. The molecule has 1 rings (SSSR count). The molecular formula is C10H14O3. The Bertz CT molecular complexity index is 283. The standard InChI is InChI=1S/C10H14O3/c1-7(6-11)9-5-8(12)3-4-10(9)13-2/h3-5,7,11-12H,6H2,1-2H3. The average Bonchev–Trinajstić information content (AvgIpc) is 2.16. The fourth-order valence-electron chi connectivity index (χ4n) is 1.21. The Morgan fingerprint density at radius 3 is 2.69 bits per heavy atom. The third-order valence-electron chi connectivity index (χ3n) is 2.02. The van der Waals surface area contributed by atoms with Gasteiger partial charge in [-0.15, -0.1) is 0 Å². The molecule has 0 aliphatic rings. The Labute approximate surface area is 77.6 Å². The number of hydrogen-bond donors (Lipinski definition) is 2. The Balaban J connectivity index is 3.07. The third-order valence-corrected chi connectivity index (χ3v) is 2.02. The maximum absolute atomic E-state index is 9.24. The topological polar surface area (TPSA) is 49.7 Å². The Morgan fingerprint density at radius 1 is 1.46 bits per heavy atom. The SMILES string of the molecule is COc1ccc(O)cc1C(C)CO. The van der Waals surface area contributed by atoms with E-state index in [1.54, 1.807) is 25.3 Å². The van der Waals surface area contributed by atoms with Crippen LogP contribution in [0.4, 0.5) is 0 Å². The summed E-state index contributed by atoms with van der Waals surface area (Å²) in [6, 6.07) is 4.86. The largest absolute Gasteiger partial charge is 0.508 e. The number of phenols is 1. The number of rotatable bonds is 3. The molecule has 0 spiro atoms. The smallest absolute Gasteiger partial charge is 0.122 e. The van der Waals surface area contributed by atoms with E-state index in [1.165, 1.54) is 0 Å². The van der Waals surface area contributed by atoms with Crippen molar-refractivity contribution >= 4 is 0 Å². The second-order valence-electron chi connectivity index (χ2n) is 3.01. The van der Waals surface area contributed by atoms with Crippen LogP contribution in [-0.4, -0.2) is 23.9 Å². The monoisotopic (exact) mass is 182 g/mol. The molecule has 3 nitrogen and oxygen atoms in total. The van der Waals surface area contributed by atoms with Gasteiger partial charge in [-0.05, 0) is 18.2 Å². The minimum atomic E-state index is -0.0259. The first-order valence-electron chi connectivity index (χ1n) is 4.16. The van der Waals surface area contributed by atoms with E-state index in [-0.39, 0.29) is 18.3 Å². The third kappa shape index (κ3) is 2.12. The predicted octanol–water partition coefficient (Wildman–Crippen LogP) is 1.50. The zero-order valence-electron chi connectivity index (χ0n) is 7.82. The first-order valence-corrected chi connectivity index (χ1v) is 4.16. The van der Waals surface area contributed by atoms with E-state index in [0.717, 1.165) is 5.56 Å². The van der Waals surface area contributed by atoms with E-state index in [1.807, 2.05) is 6.92 Å². The Morgan fingerprint density at radius 2 is 2.15 bits per heavy atom. The molecule has 0 aromatic heterocycles. The van der Waals surface area contributed by atoms with Gasteiger partial charge in [-0.2, -0.15) is 0 Å². The van der Waals surface area contributed by atoms with Gasteiger partial charge >= 0.3 is 0 Å². The van der Waals surface area contributed by atoms with Crippen LogP contribution in [0, 0.1) is 0 Å². The minimum absolute atomic E-state index is 0.0259. The normalized spacial score (nSPS) is 12.5. The van der Waals surface area contributed by atoms with Gasteiger partial charge in [0.25, 0.3) is 0 Å². The quantitative estimate of drug-likeness (QED) is 0.744. The van der Waals surface area contributed by atoms with E-state index < -0.39 is 0 Å². The molecule has 0 radical (unpaired) electrons. The van der Waals surface area contributed by atoms with Crippen LogP contribution < -0.4 is 4.74 Å². The van der Waals surface area contributed by atoms with Crippen molar-refractivity contribution in [1.82, 2.24) is 0 Å². The fraction of sp³-hybridized carbons (Fsp3) is 0.400. The molecule has 3 heteroatoms. The number of aliphatic hydroxyl groups is 1. The lowest BCUT2D eigenvalue weighted by Gasteiger charge is -2.13. The van der Waals surface area contributed by atoms with Crippen LogP contribution in [0.1, 0.15) is 18.4 Å². The average molecular weight is 182 g/mol. The zero-order chi connectivity index (χ0) is 9.84. The van der Waals surface area contributed by atoms with Gasteiger partial charge in [0.2, 0.25) is 0 Å². The van der Waals surface area contributed by atoms with Gasteiger partial charge in [-0.1, -0.05) is 6.92 Å². The molecule has 1 atom stereocenters. The van der Waals surface area contributed by atoms with Crippen molar-refractivity contribution in [3.05, 3.63) is 23.8 Å². The van der Waals surface area contributed by atoms with Crippen molar-refractivity contribution in [2.24, 2.45) is 0 Å². The molecule has 0 aliphatic carbocycles. The van der Waals surface area contributed by atoms with Gasteiger partial charge in [0.15, 0.2) is 0 Å². The van der Waals surface area contributed by atoms with E-state index in [0.29, 0.717) is 5.75 Å². The maximum atomic E-state index is 9.24. The summed E-state index contributed by atoms with van der Waals surface area (Å²) in [6.07, 6.45) is 0. The van der Waals surface area contributed by atoms with E-state index in [4.69, 9.17) is 9.84 Å². The summed E-state index contributed by atoms with van der Waals surface area (Å²) >= 11 is 0. The van der Waals surface area contributed by atoms with E-state index in [9.17, 15) is 5.11 Å². The van der Waals surface area contributed by atoms with Crippen LogP contribution >= 0.6 is 0 Å². The molecule has 1 aromatic carbocycles. The van der Waals surface area contributed by atoms with Crippen LogP contribution in [-0.2, 0) is 0 Å². The van der Waals surface area contributed by atoms with Gasteiger partial charge in [0.05, 0.1) is 7.11 Å². The van der Waals surface area contributed by atoms with Crippen LogP contribution in [0.5, 0.6) is 11.5 Å². The van der Waals surface area contributed by atoms with E-state index in [2.05, 4.69) is 0 Å². The lowest BCUT2D eigenvalue weighted by atomic mass is 10.0. The second kappa shape index (κ2) is 4.14. The maximum Gasteiger partial charge on any atom is 0.122 e. The summed E-state index contributed by atoms with van der Waals surface area (Å²) in [4.78, 5) is 0. The first kappa shape index (κ1) is 9.86. The van der Waals surface area contributed by atoms with Crippen LogP contribution in [0.2, 0.25) is 0 Å². The molecule has 1 aromatic rings. The number of aromatic hydroxyl groups is 1. The summed E-state index contributed by atoms with van der Waals surface area (Å²) in [5.41, 5.74) is 0.824. The predicted molar refractivity (Wildman–Crippen MR) is 50.2 cm³/mol. The minimum Gasteiger partial charge on any atom is -0.508 e. The number of ether oxygens (including phenoxy) is 1. The lowest BCUT2D eigenvalue weighted by molar-refractivity contribution is 0.269. The van der Waals surface area contributed by atoms with Gasteiger partial charge in [-0.3, -0.25) is 0 Å². The summed E-state index contributed by atoms with van der Waals surface area (Å²) in [7, 11) is 1.57. The van der Waals surface area contributed by atoms with Gasteiger partial charge < -0.3 is 14.9 Å². The van der Waals surface area contributed by atoms with Crippen molar-refractivity contribution in [3.8, 4) is 11.5 Å². The van der Waals surface area contributed by atoms with Crippen LogP contribution in [0.25, 0.3) is 0 Å². The summed E-state index contributed by atoms with van der Waals surface area (Å²) in [6.45, 7) is 1.91. The molecule has 0 fully saturated rings. The van der Waals surface area contributed by atoms with Gasteiger partial charge in [0.1, 0.15) is 11.5 Å². The Hall–Kier alpha value is -1.22. The number of hydrogen-bond acceptors (Lipinski definition) is 3. The highest BCUT2D eigenvalue weighted by molar-refractivity contribution is 5.41. The highest BCUT2D eigenvalue weighted by Crippen LogP contribution is 2.29. The van der Waals surface area contributed by atoms with Crippen molar-refractivity contribution in [1.29, 1.82) is 0 Å².